The molecular weight excluding hydrogens is 188 g/mol. The molecule has 0 aromatic heterocycles. The van der Waals surface area contributed by atoms with Gasteiger partial charge in [0.1, 0.15) is 0 Å². The first-order chi connectivity index (χ1) is 6.80. The number of amides is 1. The molecule has 3 nitrogen and oxygen atoms in total. The quantitative estimate of drug-likeness (QED) is 0.761. The van der Waals surface area contributed by atoms with E-state index >= 15 is 0 Å². The highest BCUT2D eigenvalue weighted by atomic mass is 16.2. The molecule has 0 aliphatic carbocycles. The number of hydrogen-bond acceptors (Lipinski definition) is 2. The summed E-state index contributed by atoms with van der Waals surface area (Å²) in [5, 5.41) is 0. The average molecular weight is 214 g/mol. The summed E-state index contributed by atoms with van der Waals surface area (Å²) in [6.45, 7) is 10.2. The lowest BCUT2D eigenvalue weighted by Gasteiger charge is -2.35. The molecular formula is C12H26N2O. The fraction of sp³-hybridized carbons (Fsp3) is 0.917. The number of carbonyl (C=O) groups excluding carboxylic acids is 1. The fourth-order valence-electron chi connectivity index (χ4n) is 1.54. The summed E-state index contributed by atoms with van der Waals surface area (Å²) in [7, 11) is 1.85. The Bertz CT molecular complexity index is 210. The predicted octanol–water partition coefficient (Wildman–Crippen LogP) is 2.01. The smallest absolute Gasteiger partial charge is 0.242 e. The second kappa shape index (κ2) is 5.50. The van der Waals surface area contributed by atoms with Crippen LogP contribution in [0.4, 0.5) is 0 Å². The third-order valence-corrected chi connectivity index (χ3v) is 3.58. The van der Waals surface area contributed by atoms with Crippen molar-refractivity contribution in [3.8, 4) is 0 Å². The van der Waals surface area contributed by atoms with E-state index in [2.05, 4.69) is 20.8 Å². The van der Waals surface area contributed by atoms with Crippen LogP contribution < -0.4 is 5.73 Å². The van der Waals surface area contributed by atoms with Crippen molar-refractivity contribution in [3.63, 3.8) is 0 Å². The van der Waals surface area contributed by atoms with Crippen LogP contribution in [0.2, 0.25) is 0 Å². The molecule has 0 saturated carbocycles. The van der Waals surface area contributed by atoms with Gasteiger partial charge >= 0.3 is 0 Å². The van der Waals surface area contributed by atoms with Gasteiger partial charge in [-0.25, -0.2) is 0 Å². The Balaban J connectivity index is 4.70. The number of hydrogen-bond donors (Lipinski definition) is 1. The van der Waals surface area contributed by atoms with Gasteiger partial charge in [0.05, 0.1) is 5.54 Å². The summed E-state index contributed by atoms with van der Waals surface area (Å²) in [4.78, 5) is 14.0. The molecule has 0 aromatic rings. The van der Waals surface area contributed by atoms with Crippen molar-refractivity contribution in [3.05, 3.63) is 0 Å². The maximum absolute atomic E-state index is 12.2. The van der Waals surface area contributed by atoms with E-state index in [1.807, 2.05) is 20.9 Å². The number of likely N-dealkylation sites (N-methyl/N-ethyl adjacent to an activating group) is 1. The first-order valence-corrected chi connectivity index (χ1v) is 5.86. The largest absolute Gasteiger partial charge is 0.341 e. The van der Waals surface area contributed by atoms with Gasteiger partial charge in [0.25, 0.3) is 0 Å². The molecule has 2 N–H and O–H groups in total. The van der Waals surface area contributed by atoms with Gasteiger partial charge in [-0.1, -0.05) is 27.7 Å². The molecule has 90 valence electrons. The molecule has 3 heteroatoms. The van der Waals surface area contributed by atoms with Crippen LogP contribution in [0, 0.1) is 5.92 Å². The van der Waals surface area contributed by atoms with Crippen LogP contribution in [0.1, 0.15) is 47.5 Å². The van der Waals surface area contributed by atoms with Crippen molar-refractivity contribution < 1.29 is 4.79 Å². The van der Waals surface area contributed by atoms with Gasteiger partial charge in [-0.3, -0.25) is 4.79 Å². The van der Waals surface area contributed by atoms with E-state index in [1.165, 1.54) is 0 Å². The second-order valence-electron chi connectivity index (χ2n) is 4.76. The maximum atomic E-state index is 12.2. The molecule has 0 aromatic carbocycles. The normalized spacial score (nSPS) is 14.1. The SMILES string of the molecule is CCC(N)(CC)C(=O)N(C)C(C)C(C)C. The molecule has 0 aliphatic heterocycles. The van der Waals surface area contributed by atoms with Crippen molar-refractivity contribution >= 4 is 5.91 Å². The van der Waals surface area contributed by atoms with E-state index in [-0.39, 0.29) is 11.9 Å². The second-order valence-corrected chi connectivity index (χ2v) is 4.76. The van der Waals surface area contributed by atoms with Crippen molar-refractivity contribution in [2.24, 2.45) is 11.7 Å². The Morgan fingerprint density at radius 1 is 1.27 bits per heavy atom. The Hall–Kier alpha value is -0.570. The molecule has 1 amide bonds. The maximum Gasteiger partial charge on any atom is 0.242 e. The number of rotatable bonds is 5. The minimum Gasteiger partial charge on any atom is -0.341 e. The number of nitrogens with zero attached hydrogens (tertiary/aromatic N) is 1. The van der Waals surface area contributed by atoms with Crippen LogP contribution in [0.25, 0.3) is 0 Å². The lowest BCUT2D eigenvalue weighted by atomic mass is 9.91. The molecule has 1 unspecified atom stereocenters. The monoisotopic (exact) mass is 214 g/mol. The van der Waals surface area contributed by atoms with Crippen LogP contribution in [0.5, 0.6) is 0 Å². The van der Waals surface area contributed by atoms with E-state index in [4.69, 9.17) is 5.73 Å². The van der Waals surface area contributed by atoms with Gasteiger partial charge in [-0.2, -0.15) is 0 Å². The van der Waals surface area contributed by atoms with Crippen LogP contribution >= 0.6 is 0 Å². The van der Waals surface area contributed by atoms with Gasteiger partial charge in [0, 0.05) is 13.1 Å². The molecule has 0 radical (unpaired) electrons. The van der Waals surface area contributed by atoms with Crippen LogP contribution in [0.15, 0.2) is 0 Å². The standard InChI is InChI=1S/C12H26N2O/c1-7-12(13,8-2)11(15)14(6)10(5)9(3)4/h9-10H,7-8,13H2,1-6H3. The highest BCUT2D eigenvalue weighted by Gasteiger charge is 2.34. The molecule has 0 fully saturated rings. The first kappa shape index (κ1) is 14.4. The molecule has 0 saturated heterocycles. The number of nitrogens with two attached hydrogens (primary N) is 1. The van der Waals surface area contributed by atoms with Crippen molar-refractivity contribution in [1.29, 1.82) is 0 Å². The van der Waals surface area contributed by atoms with Crippen LogP contribution in [0.3, 0.4) is 0 Å². The summed E-state index contributed by atoms with van der Waals surface area (Å²) in [6.07, 6.45) is 1.38. The Labute approximate surface area is 94.0 Å². The summed E-state index contributed by atoms with van der Waals surface area (Å²) in [6, 6.07) is 0.235. The third kappa shape index (κ3) is 3.20. The topological polar surface area (TPSA) is 46.3 Å². The summed E-state index contributed by atoms with van der Waals surface area (Å²) in [5.74, 6) is 0.519. The van der Waals surface area contributed by atoms with Gasteiger partial charge in [0.2, 0.25) is 5.91 Å². The van der Waals surface area contributed by atoms with E-state index in [0.717, 1.165) is 0 Å². The van der Waals surface area contributed by atoms with Crippen LogP contribution in [-0.4, -0.2) is 29.4 Å². The average Bonchev–Trinajstić information content (AvgIpc) is 2.24. The highest BCUT2D eigenvalue weighted by Crippen LogP contribution is 2.18. The minimum atomic E-state index is -0.683. The lowest BCUT2D eigenvalue weighted by molar-refractivity contribution is -0.138. The van der Waals surface area contributed by atoms with E-state index in [0.29, 0.717) is 18.8 Å². The van der Waals surface area contributed by atoms with Gasteiger partial charge in [0.15, 0.2) is 0 Å². The summed E-state index contributed by atoms with van der Waals surface area (Å²) >= 11 is 0. The molecule has 0 rings (SSSR count). The lowest BCUT2D eigenvalue weighted by Crippen LogP contribution is -2.56. The predicted molar refractivity (Wildman–Crippen MR) is 64.6 cm³/mol. The summed E-state index contributed by atoms with van der Waals surface area (Å²) in [5.41, 5.74) is 5.41. The van der Waals surface area contributed by atoms with E-state index in [1.54, 1.807) is 4.90 Å². The van der Waals surface area contributed by atoms with E-state index < -0.39 is 5.54 Å². The van der Waals surface area contributed by atoms with Gasteiger partial charge in [-0.15, -0.1) is 0 Å². The molecule has 15 heavy (non-hydrogen) atoms. The summed E-state index contributed by atoms with van der Waals surface area (Å²) < 4.78 is 0. The molecule has 1 atom stereocenters. The molecule has 0 bridgehead atoms. The molecule has 0 spiro atoms. The minimum absolute atomic E-state index is 0.0636. The Morgan fingerprint density at radius 3 is 1.93 bits per heavy atom. The van der Waals surface area contributed by atoms with Gasteiger partial charge in [-0.05, 0) is 25.7 Å². The van der Waals surface area contributed by atoms with Gasteiger partial charge < -0.3 is 10.6 Å². The zero-order valence-electron chi connectivity index (χ0n) is 11.0. The van der Waals surface area contributed by atoms with E-state index in [9.17, 15) is 4.79 Å². The Morgan fingerprint density at radius 2 is 1.67 bits per heavy atom. The fourth-order valence-corrected chi connectivity index (χ4v) is 1.54. The first-order valence-electron chi connectivity index (χ1n) is 5.86. The zero-order chi connectivity index (χ0) is 12.2. The Kier molecular flexibility index (Phi) is 5.29. The molecule has 0 heterocycles. The van der Waals surface area contributed by atoms with Crippen molar-refractivity contribution in [2.75, 3.05) is 7.05 Å². The van der Waals surface area contributed by atoms with Crippen molar-refractivity contribution in [2.45, 2.75) is 59.0 Å². The van der Waals surface area contributed by atoms with Crippen molar-refractivity contribution in [1.82, 2.24) is 4.90 Å². The molecule has 0 aliphatic rings. The number of carbonyl (C=O) groups is 1. The van der Waals surface area contributed by atoms with Crippen LogP contribution in [-0.2, 0) is 4.79 Å². The zero-order valence-corrected chi connectivity index (χ0v) is 11.0. The highest BCUT2D eigenvalue weighted by molar-refractivity contribution is 5.86. The third-order valence-electron chi connectivity index (χ3n) is 3.58.